The third-order valence-corrected chi connectivity index (χ3v) is 5.69. The first kappa shape index (κ1) is 26.6. The van der Waals surface area contributed by atoms with Gasteiger partial charge in [-0.25, -0.2) is 4.79 Å². The van der Waals surface area contributed by atoms with Gasteiger partial charge >= 0.3 is 18.4 Å². The average Bonchev–Trinajstić information content (AvgIpc) is 2.78. The van der Waals surface area contributed by atoms with E-state index in [4.69, 9.17) is 23.2 Å². The maximum Gasteiger partial charge on any atom is 0.418 e. The van der Waals surface area contributed by atoms with Crippen LogP contribution in [0, 0.1) is 0 Å². The van der Waals surface area contributed by atoms with Gasteiger partial charge in [0.05, 0.1) is 22.9 Å². The summed E-state index contributed by atoms with van der Waals surface area (Å²) < 4.78 is 79.7. The summed E-state index contributed by atoms with van der Waals surface area (Å²) in [5, 5.41) is 5.63. The van der Waals surface area contributed by atoms with Crippen LogP contribution in [0.2, 0.25) is 10.0 Å². The molecule has 2 aromatic carbocycles. The molecule has 0 aliphatic rings. The van der Waals surface area contributed by atoms with Crippen molar-refractivity contribution in [2.45, 2.75) is 24.8 Å². The maximum absolute atomic E-state index is 13.6. The molecule has 4 nitrogen and oxygen atoms in total. The summed E-state index contributed by atoms with van der Waals surface area (Å²) in [4.78, 5) is 16.3. The molecule has 1 heterocycles. The van der Waals surface area contributed by atoms with Gasteiger partial charge in [0.15, 0.2) is 0 Å². The fourth-order valence-corrected chi connectivity index (χ4v) is 3.90. The van der Waals surface area contributed by atoms with Crippen LogP contribution < -0.4 is 10.6 Å². The summed E-state index contributed by atoms with van der Waals surface area (Å²) in [6.07, 6.45) is -8.12. The number of urea groups is 1. The fraction of sp³-hybridized carbons (Fsp3) is 0.217. The number of rotatable bonds is 6. The number of nitrogens with zero attached hydrogens (tertiary/aromatic N) is 1. The van der Waals surface area contributed by atoms with Gasteiger partial charge in [-0.05, 0) is 53.9 Å². The molecule has 0 saturated carbocycles. The zero-order chi connectivity index (χ0) is 25.8. The molecule has 0 spiro atoms. The van der Waals surface area contributed by atoms with E-state index < -0.39 is 41.2 Å². The number of nitrogens with one attached hydrogen (secondary N) is 2. The van der Waals surface area contributed by atoms with E-state index in [9.17, 15) is 31.1 Å². The van der Waals surface area contributed by atoms with E-state index in [-0.39, 0.29) is 18.5 Å². The Kier molecular flexibility index (Phi) is 8.17. The summed E-state index contributed by atoms with van der Waals surface area (Å²) in [7, 11) is 0. The van der Waals surface area contributed by atoms with E-state index in [0.29, 0.717) is 15.6 Å². The zero-order valence-electron chi connectivity index (χ0n) is 17.6. The fourth-order valence-electron chi connectivity index (χ4n) is 3.32. The van der Waals surface area contributed by atoms with Crippen LogP contribution in [0.1, 0.15) is 34.0 Å². The highest BCUT2D eigenvalue weighted by molar-refractivity contribution is 6.36. The molecular weight excluding hydrogens is 519 g/mol. The highest BCUT2D eigenvalue weighted by Gasteiger charge is 2.37. The van der Waals surface area contributed by atoms with Gasteiger partial charge in [0.2, 0.25) is 0 Å². The summed E-state index contributed by atoms with van der Waals surface area (Å²) in [6.45, 7) is 0.0311. The topological polar surface area (TPSA) is 54.0 Å². The Labute approximate surface area is 206 Å². The summed E-state index contributed by atoms with van der Waals surface area (Å²) in [6, 6.07) is 7.80. The third-order valence-electron chi connectivity index (χ3n) is 4.99. The first-order valence-electron chi connectivity index (χ1n) is 10.0. The van der Waals surface area contributed by atoms with Crippen molar-refractivity contribution < 1.29 is 31.1 Å². The average molecular weight is 536 g/mol. The smallest absolute Gasteiger partial charge is 0.338 e. The van der Waals surface area contributed by atoms with Crippen LogP contribution in [0.25, 0.3) is 0 Å². The molecular formula is C23H17Cl2F6N3O. The third kappa shape index (κ3) is 6.79. The zero-order valence-corrected chi connectivity index (χ0v) is 19.2. The molecule has 2 amide bonds. The first-order valence-corrected chi connectivity index (χ1v) is 10.8. The lowest BCUT2D eigenvalue weighted by Crippen LogP contribution is -2.40. The van der Waals surface area contributed by atoms with Crippen molar-refractivity contribution in [2.75, 3.05) is 6.54 Å². The second-order valence-corrected chi connectivity index (χ2v) is 8.15. The number of hydrogen-bond donors (Lipinski definition) is 2. The van der Waals surface area contributed by atoms with Gasteiger partial charge < -0.3 is 10.6 Å². The van der Waals surface area contributed by atoms with Crippen molar-refractivity contribution >= 4 is 29.2 Å². The minimum Gasteiger partial charge on any atom is -0.338 e. The van der Waals surface area contributed by atoms with E-state index in [0.717, 1.165) is 42.6 Å². The number of carbonyl (C=O) groups is 1. The summed E-state index contributed by atoms with van der Waals surface area (Å²) in [5.41, 5.74) is -2.14. The molecule has 12 heteroatoms. The molecule has 0 aliphatic carbocycles. The first-order chi connectivity index (χ1) is 16.4. The molecule has 0 fully saturated rings. The van der Waals surface area contributed by atoms with Crippen LogP contribution in [-0.4, -0.2) is 17.6 Å². The lowest BCUT2D eigenvalue weighted by molar-refractivity contribution is -0.139. The SMILES string of the molecule is O=C(NCCc1c(Cl)cccc1Cl)NC(c1ccc(C(F)(F)F)cc1)c1ncccc1C(F)(F)F. The van der Waals surface area contributed by atoms with Crippen LogP contribution in [0.3, 0.4) is 0 Å². The van der Waals surface area contributed by atoms with Crippen LogP contribution in [0.4, 0.5) is 31.1 Å². The van der Waals surface area contributed by atoms with Gasteiger partial charge in [-0.15, -0.1) is 0 Å². The van der Waals surface area contributed by atoms with Crippen molar-refractivity contribution in [1.82, 2.24) is 15.6 Å². The molecule has 0 radical (unpaired) electrons. The molecule has 3 aromatic rings. The number of aromatic nitrogens is 1. The highest BCUT2D eigenvalue weighted by atomic mass is 35.5. The Hall–Kier alpha value is -2.98. The molecule has 1 atom stereocenters. The minimum atomic E-state index is -4.81. The molecule has 35 heavy (non-hydrogen) atoms. The number of benzene rings is 2. The van der Waals surface area contributed by atoms with Crippen LogP contribution in [-0.2, 0) is 18.8 Å². The van der Waals surface area contributed by atoms with Gasteiger partial charge in [-0.1, -0.05) is 41.4 Å². The molecule has 0 saturated heterocycles. The molecule has 3 rings (SSSR count). The summed E-state index contributed by atoms with van der Waals surface area (Å²) in [5.74, 6) is 0. The van der Waals surface area contributed by atoms with E-state index >= 15 is 0 Å². The van der Waals surface area contributed by atoms with Gasteiger partial charge in [-0.2, -0.15) is 26.3 Å². The Morgan fingerprint density at radius 1 is 0.886 bits per heavy atom. The summed E-state index contributed by atoms with van der Waals surface area (Å²) >= 11 is 12.2. The Morgan fingerprint density at radius 3 is 2.09 bits per heavy atom. The minimum absolute atomic E-state index is 0.0218. The number of hydrogen-bond acceptors (Lipinski definition) is 2. The normalized spacial score (nSPS) is 12.8. The monoisotopic (exact) mass is 535 g/mol. The van der Waals surface area contributed by atoms with E-state index in [1.54, 1.807) is 18.2 Å². The van der Waals surface area contributed by atoms with E-state index in [1.165, 1.54) is 0 Å². The molecule has 2 N–H and O–H groups in total. The molecule has 0 aliphatic heterocycles. The Balaban J connectivity index is 1.86. The van der Waals surface area contributed by atoms with Crippen LogP contribution in [0.15, 0.2) is 60.8 Å². The van der Waals surface area contributed by atoms with Gasteiger partial charge in [0.1, 0.15) is 0 Å². The van der Waals surface area contributed by atoms with E-state index in [1.807, 2.05) is 0 Å². The lowest BCUT2D eigenvalue weighted by Gasteiger charge is -2.23. The second-order valence-electron chi connectivity index (χ2n) is 7.34. The molecule has 1 unspecified atom stereocenters. The second kappa shape index (κ2) is 10.7. The molecule has 1 aromatic heterocycles. The molecule has 0 bridgehead atoms. The van der Waals surface area contributed by atoms with Crippen LogP contribution in [0.5, 0.6) is 0 Å². The standard InChI is InChI=1S/C23H17Cl2F6N3O/c24-17-4-1-5-18(25)15(17)10-12-33-21(35)34-19(13-6-8-14(9-7-13)22(26,27)28)20-16(23(29,30)31)3-2-11-32-20/h1-9,11,19H,10,12H2,(H2,33,34,35). The van der Waals surface area contributed by atoms with Gasteiger partial charge in [0, 0.05) is 22.8 Å². The van der Waals surface area contributed by atoms with Crippen molar-refractivity contribution in [3.05, 3.63) is 98.8 Å². The molecule has 186 valence electrons. The quantitative estimate of drug-likeness (QED) is 0.332. The largest absolute Gasteiger partial charge is 0.418 e. The van der Waals surface area contributed by atoms with Gasteiger partial charge in [0.25, 0.3) is 0 Å². The van der Waals surface area contributed by atoms with Crippen LogP contribution >= 0.6 is 23.2 Å². The number of carbonyl (C=O) groups excluding carboxylic acids is 1. The van der Waals surface area contributed by atoms with E-state index in [2.05, 4.69) is 15.6 Å². The number of halogens is 8. The predicted octanol–water partition coefficient (Wildman–Crippen LogP) is 7.06. The highest BCUT2D eigenvalue weighted by Crippen LogP contribution is 2.36. The number of alkyl halides is 6. The van der Waals surface area contributed by atoms with Crippen molar-refractivity contribution in [2.24, 2.45) is 0 Å². The number of amides is 2. The Morgan fingerprint density at radius 2 is 1.51 bits per heavy atom. The predicted molar refractivity (Wildman–Crippen MR) is 119 cm³/mol. The van der Waals surface area contributed by atoms with Crippen molar-refractivity contribution in [3.63, 3.8) is 0 Å². The Bertz CT molecular complexity index is 1160. The lowest BCUT2D eigenvalue weighted by atomic mass is 9.98. The number of pyridine rings is 1. The van der Waals surface area contributed by atoms with Crippen molar-refractivity contribution in [1.29, 1.82) is 0 Å². The van der Waals surface area contributed by atoms with Crippen molar-refractivity contribution in [3.8, 4) is 0 Å². The van der Waals surface area contributed by atoms with Gasteiger partial charge in [-0.3, -0.25) is 4.98 Å². The maximum atomic E-state index is 13.6.